The molecule has 2 N–H and O–H groups in total. The van der Waals surface area contributed by atoms with Crippen molar-refractivity contribution in [3.05, 3.63) is 30.5 Å². The minimum atomic E-state index is -0.491. The fraction of sp³-hybridized carbons (Fsp3) is 0.571. The van der Waals surface area contributed by atoms with E-state index in [1.807, 2.05) is 16.8 Å². The highest BCUT2D eigenvalue weighted by Crippen LogP contribution is 2.04. The van der Waals surface area contributed by atoms with Crippen LogP contribution in [0, 0.1) is 5.92 Å². The van der Waals surface area contributed by atoms with Gasteiger partial charge in [-0.25, -0.2) is 4.98 Å². The highest BCUT2D eigenvalue weighted by atomic mass is 16.5. The predicted molar refractivity (Wildman–Crippen MR) is 76.4 cm³/mol. The molecule has 20 heavy (non-hydrogen) atoms. The zero-order valence-corrected chi connectivity index (χ0v) is 12.0. The molecule has 1 unspecified atom stereocenters. The summed E-state index contributed by atoms with van der Waals surface area (Å²) in [6.45, 7) is 6.36. The van der Waals surface area contributed by atoms with Gasteiger partial charge in [0, 0.05) is 32.1 Å². The van der Waals surface area contributed by atoms with E-state index in [1.165, 1.54) is 0 Å². The maximum absolute atomic E-state index is 9.78. The number of hydrogen-bond donors (Lipinski definition) is 2. The number of nitrogens with one attached hydrogen (secondary N) is 1. The van der Waals surface area contributed by atoms with Gasteiger partial charge in [-0.3, -0.25) is 9.38 Å². The van der Waals surface area contributed by atoms with Gasteiger partial charge in [0.2, 0.25) is 0 Å². The van der Waals surface area contributed by atoms with Gasteiger partial charge in [-0.15, -0.1) is 0 Å². The summed E-state index contributed by atoms with van der Waals surface area (Å²) in [5.41, 5.74) is 1.86. The van der Waals surface area contributed by atoms with Crippen LogP contribution in [0.2, 0.25) is 0 Å². The minimum absolute atomic E-state index is 0.363. The molecule has 2 aromatic rings. The second-order valence-electron chi connectivity index (χ2n) is 5.27. The van der Waals surface area contributed by atoms with E-state index >= 15 is 0 Å². The van der Waals surface area contributed by atoms with E-state index in [1.54, 1.807) is 12.4 Å². The van der Waals surface area contributed by atoms with Crippen LogP contribution in [-0.4, -0.2) is 45.3 Å². The van der Waals surface area contributed by atoms with Gasteiger partial charge in [-0.1, -0.05) is 13.8 Å². The molecule has 0 radical (unpaired) electrons. The molecule has 0 fully saturated rings. The molecule has 0 aromatic carbocycles. The smallest absolute Gasteiger partial charge is 0.155 e. The highest BCUT2D eigenvalue weighted by molar-refractivity contribution is 5.36. The van der Waals surface area contributed by atoms with Crippen molar-refractivity contribution in [2.24, 2.45) is 5.92 Å². The Hall–Kier alpha value is -1.50. The number of nitrogens with zero attached hydrogens (tertiary/aromatic N) is 3. The summed E-state index contributed by atoms with van der Waals surface area (Å²) in [7, 11) is 0. The van der Waals surface area contributed by atoms with E-state index in [9.17, 15) is 5.11 Å². The molecule has 0 bridgehead atoms. The molecule has 2 heterocycles. The maximum atomic E-state index is 9.78. The summed E-state index contributed by atoms with van der Waals surface area (Å²) in [6, 6.07) is 0. The molecule has 0 spiro atoms. The number of fused-ring (bicyclic) bond motifs is 1. The van der Waals surface area contributed by atoms with E-state index in [4.69, 9.17) is 4.74 Å². The normalized spacial score (nSPS) is 13.2. The fourth-order valence-corrected chi connectivity index (χ4v) is 1.89. The molecule has 0 aliphatic rings. The Kier molecular flexibility index (Phi) is 5.46. The lowest BCUT2D eigenvalue weighted by atomic mass is 10.2. The first kappa shape index (κ1) is 14.9. The summed E-state index contributed by atoms with van der Waals surface area (Å²) in [4.78, 5) is 8.28. The number of hydrogen-bond acceptors (Lipinski definition) is 5. The predicted octanol–water partition coefficient (Wildman–Crippen LogP) is 0.852. The van der Waals surface area contributed by atoms with Crippen molar-refractivity contribution in [2.75, 3.05) is 19.8 Å². The molecule has 0 saturated carbocycles. The van der Waals surface area contributed by atoms with Crippen molar-refractivity contribution in [1.29, 1.82) is 0 Å². The molecule has 0 aliphatic carbocycles. The quantitative estimate of drug-likeness (QED) is 0.749. The van der Waals surface area contributed by atoms with Crippen molar-refractivity contribution >= 4 is 5.65 Å². The number of imidazole rings is 1. The Morgan fingerprint density at radius 1 is 1.35 bits per heavy atom. The third-order valence-electron chi connectivity index (χ3n) is 2.84. The highest BCUT2D eigenvalue weighted by Gasteiger charge is 2.06. The summed E-state index contributed by atoms with van der Waals surface area (Å²) in [5.74, 6) is 0.488. The van der Waals surface area contributed by atoms with Gasteiger partial charge in [-0.05, 0) is 5.92 Å². The molecule has 0 amide bonds. The second kappa shape index (κ2) is 7.33. The molecule has 6 nitrogen and oxygen atoms in total. The monoisotopic (exact) mass is 278 g/mol. The second-order valence-corrected chi connectivity index (χ2v) is 5.27. The van der Waals surface area contributed by atoms with Crippen LogP contribution in [-0.2, 0) is 11.3 Å². The van der Waals surface area contributed by atoms with E-state index in [-0.39, 0.29) is 0 Å². The number of aliphatic hydroxyl groups is 1. The van der Waals surface area contributed by atoms with Crippen molar-refractivity contribution in [3.8, 4) is 0 Å². The third-order valence-corrected chi connectivity index (χ3v) is 2.84. The first-order valence-corrected chi connectivity index (χ1v) is 6.89. The van der Waals surface area contributed by atoms with Crippen molar-refractivity contribution in [3.63, 3.8) is 0 Å². The third kappa shape index (κ3) is 4.26. The van der Waals surface area contributed by atoms with Gasteiger partial charge in [0.1, 0.15) is 0 Å². The van der Waals surface area contributed by atoms with E-state index in [0.717, 1.165) is 11.3 Å². The van der Waals surface area contributed by atoms with Crippen LogP contribution in [0.1, 0.15) is 19.5 Å². The fourth-order valence-electron chi connectivity index (χ4n) is 1.89. The Bertz CT molecular complexity index is 527. The van der Waals surface area contributed by atoms with Gasteiger partial charge in [0.25, 0.3) is 0 Å². The van der Waals surface area contributed by atoms with Gasteiger partial charge < -0.3 is 15.2 Å². The largest absolute Gasteiger partial charge is 0.389 e. The maximum Gasteiger partial charge on any atom is 0.155 e. The van der Waals surface area contributed by atoms with Gasteiger partial charge in [0.05, 0.1) is 30.8 Å². The van der Waals surface area contributed by atoms with Crippen LogP contribution < -0.4 is 5.32 Å². The molecule has 6 heteroatoms. The van der Waals surface area contributed by atoms with E-state index in [2.05, 4.69) is 29.1 Å². The lowest BCUT2D eigenvalue weighted by Gasteiger charge is -2.13. The standard InChI is InChI=1S/C14H22N4O2/c1-11(2)9-20-10-13(19)7-16-5-12-6-17-14-8-15-3-4-18(12)14/h3-4,6,8,11,13,16,19H,5,7,9-10H2,1-2H3. The molecule has 2 aromatic heterocycles. The first-order chi connectivity index (χ1) is 9.66. The Morgan fingerprint density at radius 2 is 2.20 bits per heavy atom. The zero-order valence-electron chi connectivity index (χ0n) is 12.0. The summed E-state index contributed by atoms with van der Waals surface area (Å²) >= 11 is 0. The van der Waals surface area contributed by atoms with Crippen LogP contribution in [0.5, 0.6) is 0 Å². The molecular formula is C14H22N4O2. The Morgan fingerprint density at radius 3 is 3.00 bits per heavy atom. The van der Waals surface area contributed by atoms with E-state index < -0.39 is 6.10 Å². The zero-order chi connectivity index (χ0) is 14.4. The number of rotatable bonds is 8. The Balaban J connectivity index is 1.73. The Labute approximate surface area is 118 Å². The topological polar surface area (TPSA) is 71.7 Å². The number of ether oxygens (including phenoxy) is 1. The van der Waals surface area contributed by atoms with Crippen LogP contribution in [0.4, 0.5) is 0 Å². The van der Waals surface area contributed by atoms with Gasteiger partial charge in [-0.2, -0.15) is 0 Å². The van der Waals surface area contributed by atoms with Crippen LogP contribution in [0.15, 0.2) is 24.8 Å². The van der Waals surface area contributed by atoms with Crippen LogP contribution in [0.3, 0.4) is 0 Å². The van der Waals surface area contributed by atoms with Crippen molar-refractivity contribution < 1.29 is 9.84 Å². The van der Waals surface area contributed by atoms with Crippen LogP contribution in [0.25, 0.3) is 5.65 Å². The lowest BCUT2D eigenvalue weighted by Crippen LogP contribution is -2.30. The summed E-state index contributed by atoms with van der Waals surface area (Å²) in [6.07, 6.45) is 6.65. The molecule has 0 aliphatic heterocycles. The van der Waals surface area contributed by atoms with E-state index in [0.29, 0.717) is 32.2 Å². The number of aromatic nitrogens is 3. The average Bonchev–Trinajstić information content (AvgIpc) is 2.82. The van der Waals surface area contributed by atoms with Gasteiger partial charge >= 0.3 is 0 Å². The minimum Gasteiger partial charge on any atom is -0.389 e. The molecule has 0 saturated heterocycles. The molecular weight excluding hydrogens is 256 g/mol. The molecule has 1 atom stereocenters. The number of aliphatic hydroxyl groups excluding tert-OH is 1. The van der Waals surface area contributed by atoms with Crippen molar-refractivity contribution in [2.45, 2.75) is 26.5 Å². The lowest BCUT2D eigenvalue weighted by molar-refractivity contribution is 0.0260. The SMILES string of the molecule is CC(C)COCC(O)CNCc1cnc2cnccn12. The van der Waals surface area contributed by atoms with Crippen molar-refractivity contribution in [1.82, 2.24) is 19.7 Å². The first-order valence-electron chi connectivity index (χ1n) is 6.89. The van der Waals surface area contributed by atoms with Gasteiger partial charge in [0.15, 0.2) is 5.65 Å². The summed E-state index contributed by atoms with van der Waals surface area (Å²) < 4.78 is 7.37. The average molecular weight is 278 g/mol. The van der Waals surface area contributed by atoms with Crippen LogP contribution >= 0.6 is 0 Å². The summed E-state index contributed by atoms with van der Waals surface area (Å²) in [5, 5.41) is 13.0. The molecule has 110 valence electrons. The molecule has 2 rings (SSSR count).